The molecule has 4 rings (SSSR count). The van der Waals surface area contributed by atoms with Crippen molar-refractivity contribution in [2.45, 2.75) is 19.3 Å². The number of nitrogens with one attached hydrogen (secondary N) is 1. The van der Waals surface area contributed by atoms with Crippen LogP contribution in [0.3, 0.4) is 0 Å². The van der Waals surface area contributed by atoms with Gasteiger partial charge < -0.3 is 19.9 Å². The van der Waals surface area contributed by atoms with Crippen LogP contribution in [0.15, 0.2) is 30.3 Å². The summed E-state index contributed by atoms with van der Waals surface area (Å²) in [7, 11) is 1.95. The number of hydrogen-bond acceptors (Lipinski definition) is 7. The molecule has 2 aliphatic rings. The van der Waals surface area contributed by atoms with Gasteiger partial charge in [0.05, 0.1) is 13.2 Å². The minimum atomic E-state index is -0.230. The van der Waals surface area contributed by atoms with Crippen molar-refractivity contribution in [2.24, 2.45) is 5.92 Å². The molecule has 2 heterocycles. The molecule has 1 aromatic carbocycles. The average Bonchev–Trinajstić information content (AvgIpc) is 3.61. The smallest absolute Gasteiger partial charge is 0.289 e. The first-order valence-electron chi connectivity index (χ1n) is 10.3. The van der Waals surface area contributed by atoms with E-state index in [1.807, 2.05) is 30.1 Å². The molecule has 2 fully saturated rings. The van der Waals surface area contributed by atoms with Crippen LogP contribution in [-0.2, 0) is 11.2 Å². The average molecular weight is 396 g/mol. The van der Waals surface area contributed by atoms with Crippen LogP contribution in [0.4, 0.5) is 11.9 Å². The maximum Gasteiger partial charge on any atom is 0.289 e. The van der Waals surface area contributed by atoms with Gasteiger partial charge in [-0.15, -0.1) is 0 Å². The molecule has 2 aromatic rings. The van der Waals surface area contributed by atoms with Crippen molar-refractivity contribution in [3.8, 4) is 0 Å². The second-order valence-corrected chi connectivity index (χ2v) is 7.67. The fraction of sp³-hybridized carbons (Fsp3) is 0.524. The Bertz CT molecular complexity index is 821. The molecule has 154 valence electrons. The molecule has 1 saturated heterocycles. The zero-order valence-electron chi connectivity index (χ0n) is 16.9. The van der Waals surface area contributed by atoms with Crippen molar-refractivity contribution in [1.29, 1.82) is 0 Å². The number of carbonyl (C=O) groups excluding carboxylic acids is 1. The molecule has 0 atom stereocenters. The quantitative estimate of drug-likeness (QED) is 0.724. The van der Waals surface area contributed by atoms with E-state index >= 15 is 0 Å². The Kier molecular flexibility index (Phi) is 6.19. The number of aromatic nitrogens is 3. The molecule has 8 nitrogen and oxygen atoms in total. The highest BCUT2D eigenvalue weighted by Crippen LogP contribution is 2.27. The van der Waals surface area contributed by atoms with E-state index < -0.39 is 0 Å². The number of anilines is 2. The minimum Gasteiger partial charge on any atom is -0.378 e. The van der Waals surface area contributed by atoms with Crippen LogP contribution in [-0.4, -0.2) is 67.3 Å². The monoisotopic (exact) mass is 396 g/mol. The standard InChI is InChI=1S/C21H28N6O2/c1-26(10-9-16-5-3-2-4-6-16)20-23-18(19(28)22-15-17-7-8-17)24-21(25-20)27-11-13-29-14-12-27/h2-6,17H,7-15H2,1H3,(H,22,28). The number of hydrogen-bond donors (Lipinski definition) is 1. The molecule has 1 aromatic heterocycles. The van der Waals surface area contributed by atoms with E-state index in [9.17, 15) is 4.79 Å². The summed E-state index contributed by atoms with van der Waals surface area (Å²) >= 11 is 0. The summed E-state index contributed by atoms with van der Waals surface area (Å²) in [5, 5.41) is 2.96. The van der Waals surface area contributed by atoms with Gasteiger partial charge in [-0.05, 0) is 30.7 Å². The number of carbonyl (C=O) groups is 1. The Balaban J connectivity index is 1.51. The fourth-order valence-corrected chi connectivity index (χ4v) is 3.21. The molecule has 1 aliphatic carbocycles. The maximum absolute atomic E-state index is 12.6. The highest BCUT2D eigenvalue weighted by molar-refractivity contribution is 5.91. The van der Waals surface area contributed by atoms with Crippen LogP contribution in [0, 0.1) is 5.92 Å². The second-order valence-electron chi connectivity index (χ2n) is 7.67. The number of ether oxygens (including phenoxy) is 1. The Hall–Kier alpha value is -2.74. The molecular formula is C21H28N6O2. The van der Waals surface area contributed by atoms with Gasteiger partial charge in [-0.1, -0.05) is 30.3 Å². The molecule has 0 radical (unpaired) electrons. The van der Waals surface area contributed by atoms with Gasteiger partial charge in [0.1, 0.15) is 0 Å². The SMILES string of the molecule is CN(CCc1ccccc1)c1nc(C(=O)NCC2CC2)nc(N2CCOCC2)n1. The first kappa shape index (κ1) is 19.6. The van der Waals surface area contributed by atoms with Crippen molar-refractivity contribution in [3.05, 3.63) is 41.7 Å². The lowest BCUT2D eigenvalue weighted by atomic mass is 10.1. The molecular weight excluding hydrogens is 368 g/mol. The molecule has 29 heavy (non-hydrogen) atoms. The summed E-state index contributed by atoms with van der Waals surface area (Å²) < 4.78 is 5.43. The van der Waals surface area contributed by atoms with Crippen LogP contribution >= 0.6 is 0 Å². The van der Waals surface area contributed by atoms with E-state index in [0.29, 0.717) is 50.7 Å². The molecule has 1 saturated carbocycles. The summed E-state index contributed by atoms with van der Waals surface area (Å²) in [5.41, 5.74) is 1.25. The van der Waals surface area contributed by atoms with Crippen LogP contribution in [0.25, 0.3) is 0 Å². The molecule has 0 bridgehead atoms. The minimum absolute atomic E-state index is 0.184. The third-order valence-corrected chi connectivity index (χ3v) is 5.28. The fourth-order valence-electron chi connectivity index (χ4n) is 3.21. The van der Waals surface area contributed by atoms with Crippen LogP contribution < -0.4 is 15.1 Å². The largest absolute Gasteiger partial charge is 0.378 e. The zero-order valence-corrected chi connectivity index (χ0v) is 16.9. The normalized spacial score (nSPS) is 16.5. The molecule has 0 unspecified atom stereocenters. The lowest BCUT2D eigenvalue weighted by Crippen LogP contribution is -2.39. The number of nitrogens with zero attached hydrogens (tertiary/aromatic N) is 5. The van der Waals surface area contributed by atoms with Gasteiger partial charge in [0, 0.05) is 33.2 Å². The van der Waals surface area contributed by atoms with E-state index in [0.717, 1.165) is 13.0 Å². The van der Waals surface area contributed by atoms with Crippen molar-refractivity contribution in [2.75, 3.05) is 56.2 Å². The van der Waals surface area contributed by atoms with Crippen LogP contribution in [0.2, 0.25) is 0 Å². The van der Waals surface area contributed by atoms with Crippen molar-refractivity contribution >= 4 is 17.8 Å². The molecule has 1 aliphatic heterocycles. The van der Waals surface area contributed by atoms with E-state index in [4.69, 9.17) is 4.74 Å². The van der Waals surface area contributed by atoms with Gasteiger partial charge in [-0.3, -0.25) is 4.79 Å². The van der Waals surface area contributed by atoms with Crippen molar-refractivity contribution < 1.29 is 9.53 Å². The zero-order chi connectivity index (χ0) is 20.1. The van der Waals surface area contributed by atoms with Crippen LogP contribution in [0.5, 0.6) is 0 Å². The van der Waals surface area contributed by atoms with Gasteiger partial charge in [0.15, 0.2) is 0 Å². The van der Waals surface area contributed by atoms with E-state index in [-0.39, 0.29) is 11.7 Å². The summed E-state index contributed by atoms with van der Waals surface area (Å²) in [6.45, 7) is 4.12. The van der Waals surface area contributed by atoms with E-state index in [1.165, 1.54) is 18.4 Å². The molecule has 1 N–H and O–H groups in total. The first-order valence-corrected chi connectivity index (χ1v) is 10.3. The topological polar surface area (TPSA) is 83.5 Å². The Labute approximate surface area is 171 Å². The number of rotatable bonds is 8. The van der Waals surface area contributed by atoms with E-state index in [1.54, 1.807) is 0 Å². The number of benzene rings is 1. The van der Waals surface area contributed by atoms with Gasteiger partial charge in [0.25, 0.3) is 5.91 Å². The van der Waals surface area contributed by atoms with Crippen molar-refractivity contribution in [3.63, 3.8) is 0 Å². The summed E-state index contributed by atoms with van der Waals surface area (Å²) in [4.78, 5) is 30.3. The summed E-state index contributed by atoms with van der Waals surface area (Å²) in [5.74, 6) is 1.62. The third-order valence-electron chi connectivity index (χ3n) is 5.28. The Morgan fingerprint density at radius 3 is 2.66 bits per heavy atom. The Morgan fingerprint density at radius 1 is 1.17 bits per heavy atom. The number of amides is 1. The molecule has 1 amide bonds. The molecule has 8 heteroatoms. The number of likely N-dealkylation sites (N-methyl/N-ethyl adjacent to an activating group) is 1. The van der Waals surface area contributed by atoms with Crippen molar-refractivity contribution in [1.82, 2.24) is 20.3 Å². The predicted molar refractivity (Wildman–Crippen MR) is 111 cm³/mol. The second kappa shape index (κ2) is 9.17. The van der Waals surface area contributed by atoms with Crippen LogP contribution in [0.1, 0.15) is 29.0 Å². The first-order chi connectivity index (χ1) is 14.2. The lowest BCUT2D eigenvalue weighted by Gasteiger charge is -2.28. The number of morpholine rings is 1. The maximum atomic E-state index is 12.6. The van der Waals surface area contributed by atoms with Gasteiger partial charge in [-0.2, -0.15) is 15.0 Å². The molecule has 0 spiro atoms. The highest BCUT2D eigenvalue weighted by Gasteiger charge is 2.24. The van der Waals surface area contributed by atoms with Gasteiger partial charge in [0.2, 0.25) is 17.7 Å². The highest BCUT2D eigenvalue weighted by atomic mass is 16.5. The van der Waals surface area contributed by atoms with Gasteiger partial charge >= 0.3 is 0 Å². The predicted octanol–water partition coefficient (Wildman–Crippen LogP) is 1.53. The van der Waals surface area contributed by atoms with Gasteiger partial charge in [-0.25, -0.2) is 0 Å². The van der Waals surface area contributed by atoms with E-state index in [2.05, 4.69) is 37.3 Å². The lowest BCUT2D eigenvalue weighted by molar-refractivity contribution is 0.0941. The summed E-state index contributed by atoms with van der Waals surface area (Å²) in [6.07, 6.45) is 3.24. The Morgan fingerprint density at radius 2 is 1.93 bits per heavy atom. The summed E-state index contributed by atoms with van der Waals surface area (Å²) in [6, 6.07) is 10.3. The third kappa shape index (κ3) is 5.41.